The van der Waals surface area contributed by atoms with Crippen LogP contribution < -0.4 is 16.8 Å². The van der Waals surface area contributed by atoms with Crippen molar-refractivity contribution in [3.05, 3.63) is 58.1 Å². The summed E-state index contributed by atoms with van der Waals surface area (Å²) in [7, 11) is 0. The maximum atomic E-state index is 11.3. The molecule has 0 aromatic heterocycles. The molecular formula is C14H14BrN3O. The van der Waals surface area contributed by atoms with Crippen LogP contribution in [-0.2, 0) is 6.54 Å². The molecule has 0 unspecified atom stereocenters. The first-order chi connectivity index (χ1) is 9.08. The Balaban J connectivity index is 2.22. The molecule has 0 heterocycles. The molecule has 2 aromatic carbocycles. The normalized spacial score (nSPS) is 10.2. The van der Waals surface area contributed by atoms with E-state index in [0.717, 1.165) is 10.0 Å². The lowest BCUT2D eigenvalue weighted by molar-refractivity contribution is 0.100. The number of hydrogen-bond acceptors (Lipinski definition) is 3. The third-order valence-corrected chi connectivity index (χ3v) is 3.51. The predicted octanol–water partition coefficient (Wildman–Crippen LogP) is 2.74. The highest BCUT2D eigenvalue weighted by Crippen LogP contribution is 2.22. The third kappa shape index (κ3) is 3.26. The standard InChI is InChI=1S/C14H14BrN3O/c15-12-4-2-1-3-9(12)8-18-13-7-10(16)5-6-11(13)14(17)19/h1-7,18H,8,16H2,(H2,17,19). The van der Waals surface area contributed by atoms with E-state index in [0.29, 0.717) is 23.5 Å². The van der Waals surface area contributed by atoms with Gasteiger partial charge in [0.05, 0.1) is 5.56 Å². The molecule has 5 N–H and O–H groups in total. The van der Waals surface area contributed by atoms with Crippen molar-refractivity contribution in [2.24, 2.45) is 5.73 Å². The summed E-state index contributed by atoms with van der Waals surface area (Å²) in [5.74, 6) is -0.477. The number of carbonyl (C=O) groups excluding carboxylic acids is 1. The maximum Gasteiger partial charge on any atom is 0.250 e. The minimum atomic E-state index is -0.477. The lowest BCUT2D eigenvalue weighted by Gasteiger charge is -2.12. The van der Waals surface area contributed by atoms with Gasteiger partial charge in [0.15, 0.2) is 0 Å². The van der Waals surface area contributed by atoms with Crippen LogP contribution in [0, 0.1) is 0 Å². The molecule has 0 saturated carbocycles. The summed E-state index contributed by atoms with van der Waals surface area (Å²) in [5.41, 5.74) is 13.8. The van der Waals surface area contributed by atoms with Gasteiger partial charge in [0, 0.05) is 22.4 Å². The fraction of sp³-hybridized carbons (Fsp3) is 0.0714. The summed E-state index contributed by atoms with van der Waals surface area (Å²) in [5, 5.41) is 3.18. The first-order valence-corrected chi connectivity index (χ1v) is 6.54. The molecule has 98 valence electrons. The third-order valence-electron chi connectivity index (χ3n) is 2.74. The van der Waals surface area contributed by atoms with Gasteiger partial charge in [-0.1, -0.05) is 34.1 Å². The summed E-state index contributed by atoms with van der Waals surface area (Å²) in [6.07, 6.45) is 0. The SMILES string of the molecule is NC(=O)c1ccc(N)cc1NCc1ccccc1Br. The quantitative estimate of drug-likeness (QED) is 0.758. The highest BCUT2D eigenvalue weighted by molar-refractivity contribution is 9.10. The fourth-order valence-corrected chi connectivity index (χ4v) is 2.18. The van der Waals surface area contributed by atoms with Gasteiger partial charge < -0.3 is 16.8 Å². The molecule has 4 nitrogen and oxygen atoms in total. The number of anilines is 2. The van der Waals surface area contributed by atoms with Crippen molar-refractivity contribution in [1.29, 1.82) is 0 Å². The van der Waals surface area contributed by atoms with Gasteiger partial charge in [0.2, 0.25) is 0 Å². The van der Waals surface area contributed by atoms with Crippen LogP contribution >= 0.6 is 15.9 Å². The van der Waals surface area contributed by atoms with Crippen LogP contribution in [0.3, 0.4) is 0 Å². The summed E-state index contributed by atoms with van der Waals surface area (Å²) in [4.78, 5) is 11.3. The number of hydrogen-bond donors (Lipinski definition) is 3. The Morgan fingerprint density at radius 1 is 1.21 bits per heavy atom. The van der Waals surface area contributed by atoms with E-state index in [1.165, 1.54) is 0 Å². The lowest BCUT2D eigenvalue weighted by atomic mass is 10.1. The second-order valence-electron chi connectivity index (χ2n) is 4.11. The molecule has 0 bridgehead atoms. The van der Waals surface area contributed by atoms with E-state index in [2.05, 4.69) is 21.2 Å². The maximum absolute atomic E-state index is 11.3. The van der Waals surface area contributed by atoms with E-state index in [1.807, 2.05) is 24.3 Å². The molecule has 1 amide bonds. The zero-order chi connectivity index (χ0) is 13.8. The second kappa shape index (κ2) is 5.75. The Bertz CT molecular complexity index is 613. The number of primary amides is 1. The van der Waals surface area contributed by atoms with E-state index in [-0.39, 0.29) is 0 Å². The highest BCUT2D eigenvalue weighted by atomic mass is 79.9. The topological polar surface area (TPSA) is 81.1 Å². The lowest BCUT2D eigenvalue weighted by Crippen LogP contribution is -2.14. The molecular weight excluding hydrogens is 306 g/mol. The Hall–Kier alpha value is -2.01. The second-order valence-corrected chi connectivity index (χ2v) is 4.97. The molecule has 2 rings (SSSR count). The van der Waals surface area contributed by atoms with Crippen LogP contribution in [0.25, 0.3) is 0 Å². The summed E-state index contributed by atoms with van der Waals surface area (Å²) in [6, 6.07) is 12.8. The van der Waals surface area contributed by atoms with Crippen molar-refractivity contribution >= 4 is 33.2 Å². The number of rotatable bonds is 4. The minimum absolute atomic E-state index is 0.432. The van der Waals surface area contributed by atoms with Gasteiger partial charge in [-0.3, -0.25) is 4.79 Å². The fourth-order valence-electron chi connectivity index (χ4n) is 1.76. The monoisotopic (exact) mass is 319 g/mol. The predicted molar refractivity (Wildman–Crippen MR) is 80.8 cm³/mol. The van der Waals surface area contributed by atoms with Gasteiger partial charge in [-0.15, -0.1) is 0 Å². The van der Waals surface area contributed by atoms with Crippen LogP contribution in [-0.4, -0.2) is 5.91 Å². The van der Waals surface area contributed by atoms with E-state index >= 15 is 0 Å². The molecule has 0 atom stereocenters. The number of benzene rings is 2. The molecule has 0 radical (unpaired) electrons. The Morgan fingerprint density at radius 3 is 2.63 bits per heavy atom. The molecule has 0 fully saturated rings. The smallest absolute Gasteiger partial charge is 0.250 e. The molecule has 0 aliphatic carbocycles. The zero-order valence-corrected chi connectivity index (χ0v) is 11.8. The first-order valence-electron chi connectivity index (χ1n) is 5.74. The number of nitrogen functional groups attached to an aromatic ring is 1. The van der Waals surface area contributed by atoms with Gasteiger partial charge in [-0.05, 0) is 29.8 Å². The minimum Gasteiger partial charge on any atom is -0.399 e. The Morgan fingerprint density at radius 2 is 1.95 bits per heavy atom. The van der Waals surface area contributed by atoms with Gasteiger partial charge >= 0.3 is 0 Å². The van der Waals surface area contributed by atoms with Crippen LogP contribution in [0.5, 0.6) is 0 Å². The van der Waals surface area contributed by atoms with Crippen molar-refractivity contribution in [2.75, 3.05) is 11.1 Å². The molecule has 0 aliphatic heterocycles. The molecule has 5 heteroatoms. The zero-order valence-electron chi connectivity index (χ0n) is 10.2. The van der Waals surface area contributed by atoms with Gasteiger partial charge in [-0.2, -0.15) is 0 Å². The number of nitrogens with one attached hydrogen (secondary N) is 1. The number of carbonyl (C=O) groups is 1. The molecule has 2 aromatic rings. The van der Waals surface area contributed by atoms with Crippen molar-refractivity contribution in [3.8, 4) is 0 Å². The van der Waals surface area contributed by atoms with Crippen molar-refractivity contribution < 1.29 is 4.79 Å². The molecule has 0 saturated heterocycles. The van der Waals surface area contributed by atoms with Crippen LogP contribution in [0.15, 0.2) is 46.9 Å². The van der Waals surface area contributed by atoms with Gasteiger partial charge in [0.1, 0.15) is 0 Å². The molecule has 19 heavy (non-hydrogen) atoms. The van der Waals surface area contributed by atoms with Crippen LogP contribution in [0.4, 0.5) is 11.4 Å². The first kappa shape index (κ1) is 13.4. The largest absolute Gasteiger partial charge is 0.399 e. The Kier molecular flexibility index (Phi) is 4.06. The van der Waals surface area contributed by atoms with Crippen molar-refractivity contribution in [3.63, 3.8) is 0 Å². The van der Waals surface area contributed by atoms with Gasteiger partial charge in [0.25, 0.3) is 5.91 Å². The van der Waals surface area contributed by atoms with E-state index in [1.54, 1.807) is 18.2 Å². The number of halogens is 1. The van der Waals surface area contributed by atoms with Crippen molar-refractivity contribution in [2.45, 2.75) is 6.54 Å². The van der Waals surface area contributed by atoms with Crippen LogP contribution in [0.2, 0.25) is 0 Å². The number of nitrogens with two attached hydrogens (primary N) is 2. The Labute approximate surface area is 119 Å². The van der Waals surface area contributed by atoms with E-state index in [4.69, 9.17) is 11.5 Å². The van der Waals surface area contributed by atoms with E-state index in [9.17, 15) is 4.79 Å². The van der Waals surface area contributed by atoms with Crippen LogP contribution in [0.1, 0.15) is 15.9 Å². The number of amides is 1. The van der Waals surface area contributed by atoms with E-state index < -0.39 is 5.91 Å². The summed E-state index contributed by atoms with van der Waals surface area (Å²) in [6.45, 7) is 0.575. The molecule has 0 aliphatic rings. The highest BCUT2D eigenvalue weighted by Gasteiger charge is 2.08. The molecule has 0 spiro atoms. The van der Waals surface area contributed by atoms with Gasteiger partial charge in [-0.25, -0.2) is 0 Å². The average molecular weight is 320 g/mol. The average Bonchev–Trinajstić information content (AvgIpc) is 2.37. The summed E-state index contributed by atoms with van der Waals surface area (Å²) < 4.78 is 1.01. The van der Waals surface area contributed by atoms with Crippen molar-refractivity contribution in [1.82, 2.24) is 0 Å². The summed E-state index contributed by atoms with van der Waals surface area (Å²) >= 11 is 3.48.